The molecule has 0 unspecified atom stereocenters. The van der Waals surface area contributed by atoms with Crippen molar-refractivity contribution in [2.45, 2.75) is 40.2 Å². The zero-order valence-corrected chi connectivity index (χ0v) is 15.4. The van der Waals surface area contributed by atoms with Gasteiger partial charge < -0.3 is 14.8 Å². The maximum Gasteiger partial charge on any atom is 0.276 e. The monoisotopic (exact) mass is 359 g/mol. The fourth-order valence-electron chi connectivity index (χ4n) is 2.37. The highest BCUT2D eigenvalue weighted by atomic mass is 16.5. The van der Waals surface area contributed by atoms with Crippen molar-refractivity contribution >= 4 is 11.6 Å². The molecule has 7 nitrogen and oxygen atoms in total. The van der Waals surface area contributed by atoms with E-state index in [1.54, 1.807) is 18.2 Å². The quantitative estimate of drug-likeness (QED) is 0.744. The standard InChI is InChI=1S/C19H25N3O4/c1-4-7-12-22-18(23)11-9-15(21-22)19(24)20-16-13-14(25-5-2)8-10-17(16)26-6-3/h8-11,13H,4-7,12H2,1-3H3,(H,20,24). The van der Waals surface area contributed by atoms with Gasteiger partial charge in [-0.15, -0.1) is 0 Å². The summed E-state index contributed by atoms with van der Waals surface area (Å²) in [6, 6.07) is 8.02. The molecule has 26 heavy (non-hydrogen) atoms. The number of carbonyl (C=O) groups is 1. The molecule has 0 saturated carbocycles. The summed E-state index contributed by atoms with van der Waals surface area (Å²) in [5.74, 6) is 0.764. The third kappa shape index (κ3) is 5.08. The van der Waals surface area contributed by atoms with Gasteiger partial charge in [-0.3, -0.25) is 9.59 Å². The average Bonchev–Trinajstić information content (AvgIpc) is 2.63. The van der Waals surface area contributed by atoms with Gasteiger partial charge in [0.15, 0.2) is 0 Å². The summed E-state index contributed by atoms with van der Waals surface area (Å²) in [4.78, 5) is 24.4. The molecule has 7 heteroatoms. The Bertz CT molecular complexity index is 802. The number of aryl methyl sites for hydroxylation is 1. The lowest BCUT2D eigenvalue weighted by molar-refractivity contribution is 0.101. The lowest BCUT2D eigenvalue weighted by Crippen LogP contribution is -2.26. The summed E-state index contributed by atoms with van der Waals surface area (Å²) in [5.41, 5.74) is 0.448. The van der Waals surface area contributed by atoms with E-state index in [1.807, 2.05) is 20.8 Å². The fourth-order valence-corrected chi connectivity index (χ4v) is 2.37. The van der Waals surface area contributed by atoms with Gasteiger partial charge in [-0.05, 0) is 38.5 Å². The van der Waals surface area contributed by atoms with Crippen molar-refractivity contribution in [3.05, 3.63) is 46.4 Å². The molecule has 1 heterocycles. The Labute approximate surface area is 152 Å². The van der Waals surface area contributed by atoms with E-state index in [0.717, 1.165) is 12.8 Å². The number of unbranched alkanes of at least 4 members (excludes halogenated alkanes) is 1. The minimum atomic E-state index is -0.412. The first-order valence-electron chi connectivity index (χ1n) is 8.88. The van der Waals surface area contributed by atoms with E-state index >= 15 is 0 Å². The zero-order valence-electron chi connectivity index (χ0n) is 15.4. The van der Waals surface area contributed by atoms with Crippen molar-refractivity contribution in [2.75, 3.05) is 18.5 Å². The average molecular weight is 359 g/mol. The molecule has 0 saturated heterocycles. The molecule has 140 valence electrons. The second kappa shape index (κ2) is 9.60. The van der Waals surface area contributed by atoms with Crippen molar-refractivity contribution in [1.82, 2.24) is 9.78 Å². The van der Waals surface area contributed by atoms with Crippen LogP contribution in [0.25, 0.3) is 0 Å². The number of anilines is 1. The van der Waals surface area contributed by atoms with Gasteiger partial charge in [-0.1, -0.05) is 13.3 Å². The van der Waals surface area contributed by atoms with Crippen LogP contribution in [0.15, 0.2) is 35.1 Å². The van der Waals surface area contributed by atoms with Crippen molar-refractivity contribution in [1.29, 1.82) is 0 Å². The molecular weight excluding hydrogens is 334 g/mol. The number of ether oxygens (including phenoxy) is 2. The van der Waals surface area contributed by atoms with Crippen LogP contribution in [0.1, 0.15) is 44.1 Å². The molecule has 0 atom stereocenters. The molecule has 2 aromatic rings. The number of hydrogen-bond acceptors (Lipinski definition) is 5. The summed E-state index contributed by atoms with van der Waals surface area (Å²) in [6.45, 7) is 7.26. The minimum Gasteiger partial charge on any atom is -0.494 e. The van der Waals surface area contributed by atoms with Gasteiger partial charge in [0.2, 0.25) is 0 Å². The first-order chi connectivity index (χ1) is 12.6. The Morgan fingerprint density at radius 2 is 1.88 bits per heavy atom. The summed E-state index contributed by atoms with van der Waals surface area (Å²) in [7, 11) is 0. The Morgan fingerprint density at radius 1 is 1.12 bits per heavy atom. The number of rotatable bonds is 9. The molecular formula is C19H25N3O4. The van der Waals surface area contributed by atoms with E-state index in [9.17, 15) is 9.59 Å². The van der Waals surface area contributed by atoms with E-state index in [2.05, 4.69) is 10.4 Å². The minimum absolute atomic E-state index is 0.171. The van der Waals surface area contributed by atoms with E-state index in [1.165, 1.54) is 16.8 Å². The van der Waals surface area contributed by atoms with Crippen LogP contribution in [-0.2, 0) is 6.54 Å². The number of nitrogens with one attached hydrogen (secondary N) is 1. The lowest BCUT2D eigenvalue weighted by atomic mass is 10.2. The normalized spacial score (nSPS) is 10.4. The lowest BCUT2D eigenvalue weighted by Gasteiger charge is -2.13. The highest BCUT2D eigenvalue weighted by molar-refractivity contribution is 6.03. The molecule has 0 aliphatic heterocycles. The number of aromatic nitrogens is 2. The van der Waals surface area contributed by atoms with Crippen LogP contribution in [0.3, 0.4) is 0 Å². The van der Waals surface area contributed by atoms with E-state index in [-0.39, 0.29) is 11.3 Å². The predicted octanol–water partition coefficient (Wildman–Crippen LogP) is 3.09. The summed E-state index contributed by atoms with van der Waals surface area (Å²) < 4.78 is 12.4. The first-order valence-corrected chi connectivity index (χ1v) is 8.88. The number of carbonyl (C=O) groups excluding carboxylic acids is 1. The van der Waals surface area contributed by atoms with Crippen LogP contribution in [0.4, 0.5) is 5.69 Å². The fraction of sp³-hybridized carbons (Fsp3) is 0.421. The highest BCUT2D eigenvalue weighted by Crippen LogP contribution is 2.29. The highest BCUT2D eigenvalue weighted by Gasteiger charge is 2.14. The molecule has 2 rings (SSSR count). The van der Waals surface area contributed by atoms with Gasteiger partial charge in [-0.2, -0.15) is 5.10 Å². The molecule has 0 spiro atoms. The number of nitrogens with zero attached hydrogens (tertiary/aromatic N) is 2. The van der Waals surface area contributed by atoms with Crippen LogP contribution in [0.2, 0.25) is 0 Å². The third-order valence-corrected chi connectivity index (χ3v) is 3.63. The first kappa shape index (κ1) is 19.5. The predicted molar refractivity (Wildman–Crippen MR) is 100 cm³/mol. The van der Waals surface area contributed by atoms with Crippen molar-refractivity contribution in [2.24, 2.45) is 0 Å². The van der Waals surface area contributed by atoms with Crippen LogP contribution in [0, 0.1) is 0 Å². The van der Waals surface area contributed by atoms with Gasteiger partial charge in [-0.25, -0.2) is 4.68 Å². The van der Waals surface area contributed by atoms with Gasteiger partial charge >= 0.3 is 0 Å². The summed E-state index contributed by atoms with van der Waals surface area (Å²) >= 11 is 0. The molecule has 1 amide bonds. The van der Waals surface area contributed by atoms with Crippen molar-refractivity contribution < 1.29 is 14.3 Å². The van der Waals surface area contributed by atoms with E-state index in [4.69, 9.17) is 9.47 Å². The molecule has 1 N–H and O–H groups in total. The zero-order chi connectivity index (χ0) is 18.9. The van der Waals surface area contributed by atoms with Gasteiger partial charge in [0, 0.05) is 18.7 Å². The Hall–Kier alpha value is -2.83. The number of hydrogen-bond donors (Lipinski definition) is 1. The van der Waals surface area contributed by atoms with Crippen LogP contribution < -0.4 is 20.3 Å². The second-order valence-corrected chi connectivity index (χ2v) is 5.61. The van der Waals surface area contributed by atoms with Gasteiger partial charge in [0.05, 0.1) is 18.9 Å². The van der Waals surface area contributed by atoms with Crippen LogP contribution in [0.5, 0.6) is 11.5 Å². The largest absolute Gasteiger partial charge is 0.494 e. The molecule has 1 aromatic heterocycles. The Morgan fingerprint density at radius 3 is 2.58 bits per heavy atom. The second-order valence-electron chi connectivity index (χ2n) is 5.61. The maximum absolute atomic E-state index is 12.6. The topological polar surface area (TPSA) is 82.5 Å². The van der Waals surface area contributed by atoms with Crippen molar-refractivity contribution in [3.8, 4) is 11.5 Å². The van der Waals surface area contributed by atoms with Gasteiger partial charge in [0.1, 0.15) is 17.2 Å². The van der Waals surface area contributed by atoms with Crippen LogP contribution >= 0.6 is 0 Å². The molecule has 0 bridgehead atoms. The molecule has 1 aromatic carbocycles. The van der Waals surface area contributed by atoms with E-state index < -0.39 is 5.91 Å². The SMILES string of the molecule is CCCCn1nc(C(=O)Nc2cc(OCC)ccc2OCC)ccc1=O. The summed E-state index contributed by atoms with van der Waals surface area (Å²) in [5, 5.41) is 6.95. The van der Waals surface area contributed by atoms with Crippen molar-refractivity contribution in [3.63, 3.8) is 0 Å². The number of benzene rings is 1. The van der Waals surface area contributed by atoms with Crippen LogP contribution in [-0.4, -0.2) is 28.9 Å². The Balaban J connectivity index is 2.25. The number of amides is 1. The third-order valence-electron chi connectivity index (χ3n) is 3.63. The Kier molecular flexibility index (Phi) is 7.20. The maximum atomic E-state index is 12.6. The molecule has 0 aliphatic carbocycles. The molecule has 0 fully saturated rings. The molecule has 0 radical (unpaired) electrons. The van der Waals surface area contributed by atoms with Gasteiger partial charge in [0.25, 0.3) is 11.5 Å². The molecule has 0 aliphatic rings. The smallest absolute Gasteiger partial charge is 0.276 e. The van der Waals surface area contributed by atoms with E-state index in [0.29, 0.717) is 36.9 Å². The summed E-state index contributed by atoms with van der Waals surface area (Å²) in [6.07, 6.45) is 1.76.